The van der Waals surface area contributed by atoms with Gasteiger partial charge in [0.05, 0.1) is 12.2 Å². The second kappa shape index (κ2) is 5.07. The molecule has 0 aliphatic heterocycles. The normalized spacial score (nSPS) is 14.9. The maximum absolute atomic E-state index is 11.8. The summed E-state index contributed by atoms with van der Waals surface area (Å²) in [5, 5.41) is 4.02. The third kappa shape index (κ3) is 3.16. The fourth-order valence-corrected chi connectivity index (χ4v) is 1.45. The maximum Gasteiger partial charge on any atom is 0.154 e. The maximum atomic E-state index is 11.8. The lowest BCUT2D eigenvalue weighted by atomic mass is 9.94. The van der Waals surface area contributed by atoms with Gasteiger partial charge in [0.25, 0.3) is 0 Å². The first kappa shape index (κ1) is 11.9. The zero-order chi connectivity index (χ0) is 11.4. The largest absolute Gasteiger partial charge is 0.321 e. The van der Waals surface area contributed by atoms with Gasteiger partial charge in [-0.3, -0.25) is 9.48 Å². The molecule has 4 heteroatoms. The molecule has 2 unspecified atom stereocenters. The van der Waals surface area contributed by atoms with E-state index in [-0.39, 0.29) is 17.7 Å². The van der Waals surface area contributed by atoms with E-state index in [1.165, 1.54) is 0 Å². The van der Waals surface area contributed by atoms with E-state index in [0.717, 1.165) is 12.0 Å². The Kier molecular flexibility index (Phi) is 4.03. The predicted molar refractivity (Wildman–Crippen MR) is 59.3 cm³/mol. The Labute approximate surface area is 90.5 Å². The Morgan fingerprint density at radius 3 is 2.80 bits per heavy atom. The minimum absolute atomic E-state index is 0.0948. The summed E-state index contributed by atoms with van der Waals surface area (Å²) in [6, 6.07) is -0.352. The number of rotatable bonds is 5. The lowest BCUT2D eigenvalue weighted by molar-refractivity contribution is -0.120. The molecule has 0 aliphatic carbocycles. The number of nitrogens with two attached hydrogens (primary N) is 1. The fourth-order valence-electron chi connectivity index (χ4n) is 1.45. The molecule has 0 saturated heterocycles. The van der Waals surface area contributed by atoms with Crippen LogP contribution in [-0.2, 0) is 18.3 Å². The lowest BCUT2D eigenvalue weighted by Crippen LogP contribution is -2.37. The number of ketones is 1. The van der Waals surface area contributed by atoms with E-state index in [1.54, 1.807) is 10.9 Å². The van der Waals surface area contributed by atoms with Crippen LogP contribution < -0.4 is 5.73 Å². The van der Waals surface area contributed by atoms with Crippen molar-refractivity contribution in [1.29, 1.82) is 0 Å². The van der Waals surface area contributed by atoms with Gasteiger partial charge >= 0.3 is 0 Å². The van der Waals surface area contributed by atoms with Crippen LogP contribution in [0.4, 0.5) is 0 Å². The summed E-state index contributed by atoms with van der Waals surface area (Å²) < 4.78 is 1.69. The molecule has 0 radical (unpaired) electrons. The molecule has 0 fully saturated rings. The van der Waals surface area contributed by atoms with Crippen LogP contribution in [0.2, 0.25) is 0 Å². The van der Waals surface area contributed by atoms with E-state index >= 15 is 0 Å². The van der Waals surface area contributed by atoms with Crippen LogP contribution >= 0.6 is 0 Å². The number of aryl methyl sites for hydroxylation is 1. The van der Waals surface area contributed by atoms with Crippen molar-refractivity contribution in [3.63, 3.8) is 0 Å². The molecule has 2 atom stereocenters. The summed E-state index contributed by atoms with van der Waals surface area (Å²) in [6.07, 6.45) is 4.88. The van der Waals surface area contributed by atoms with Crippen LogP contribution in [0.1, 0.15) is 25.8 Å². The monoisotopic (exact) mass is 209 g/mol. The van der Waals surface area contributed by atoms with Crippen LogP contribution in [0.15, 0.2) is 12.4 Å². The molecular weight excluding hydrogens is 190 g/mol. The van der Waals surface area contributed by atoms with Crippen LogP contribution in [-0.4, -0.2) is 21.6 Å². The predicted octanol–water partition coefficient (Wildman–Crippen LogP) is 0.905. The summed E-state index contributed by atoms with van der Waals surface area (Å²) in [5.41, 5.74) is 6.78. The number of aromatic nitrogens is 2. The average molecular weight is 209 g/mol. The molecule has 0 spiro atoms. The van der Waals surface area contributed by atoms with E-state index in [2.05, 4.69) is 5.10 Å². The van der Waals surface area contributed by atoms with Gasteiger partial charge in [-0.25, -0.2) is 0 Å². The summed E-state index contributed by atoms with van der Waals surface area (Å²) in [4.78, 5) is 11.8. The third-order valence-corrected chi connectivity index (χ3v) is 2.77. The molecule has 2 N–H and O–H groups in total. The molecular formula is C11H19N3O. The summed E-state index contributed by atoms with van der Waals surface area (Å²) in [6.45, 7) is 4.05. The molecule has 1 aromatic rings. The Hall–Kier alpha value is -1.16. The molecule has 1 heterocycles. The van der Waals surface area contributed by atoms with Crippen LogP contribution in [0, 0.1) is 5.92 Å². The summed E-state index contributed by atoms with van der Waals surface area (Å²) >= 11 is 0. The lowest BCUT2D eigenvalue weighted by Gasteiger charge is -2.16. The van der Waals surface area contributed by atoms with Gasteiger partial charge in [0.1, 0.15) is 0 Å². The zero-order valence-corrected chi connectivity index (χ0v) is 9.60. The third-order valence-electron chi connectivity index (χ3n) is 2.77. The number of Topliss-reactive ketones (excluding diaryl/α,β-unsaturated/α-hetero) is 1. The highest BCUT2D eigenvalue weighted by Gasteiger charge is 2.19. The van der Waals surface area contributed by atoms with Crippen molar-refractivity contribution >= 4 is 5.78 Å². The van der Waals surface area contributed by atoms with Gasteiger partial charge in [-0.05, 0) is 11.5 Å². The standard InChI is InChI=1S/C11H19N3O/c1-4-8(2)11(12)10(15)5-9-6-13-14(3)7-9/h6-8,11H,4-5,12H2,1-3H3. The van der Waals surface area contributed by atoms with Gasteiger partial charge in [-0.15, -0.1) is 0 Å². The highest BCUT2D eigenvalue weighted by atomic mass is 16.1. The van der Waals surface area contributed by atoms with Crippen molar-refractivity contribution in [2.45, 2.75) is 32.7 Å². The van der Waals surface area contributed by atoms with Crippen LogP contribution in [0.5, 0.6) is 0 Å². The van der Waals surface area contributed by atoms with Crippen molar-refractivity contribution in [1.82, 2.24) is 9.78 Å². The average Bonchev–Trinajstić information content (AvgIpc) is 2.61. The Balaban J connectivity index is 2.55. The van der Waals surface area contributed by atoms with E-state index in [9.17, 15) is 4.79 Å². The van der Waals surface area contributed by atoms with Crippen molar-refractivity contribution in [2.75, 3.05) is 0 Å². The van der Waals surface area contributed by atoms with Gasteiger partial charge in [-0.2, -0.15) is 5.10 Å². The smallest absolute Gasteiger partial charge is 0.154 e. The first-order valence-electron chi connectivity index (χ1n) is 5.30. The molecule has 0 bridgehead atoms. The highest BCUT2D eigenvalue weighted by Crippen LogP contribution is 2.09. The fraction of sp³-hybridized carbons (Fsp3) is 0.636. The molecule has 4 nitrogen and oxygen atoms in total. The summed E-state index contributed by atoms with van der Waals surface area (Å²) in [7, 11) is 1.84. The molecule has 0 saturated carbocycles. The number of nitrogens with zero attached hydrogens (tertiary/aromatic N) is 2. The minimum atomic E-state index is -0.352. The number of carbonyl (C=O) groups is 1. The van der Waals surface area contributed by atoms with Gasteiger partial charge in [0.15, 0.2) is 5.78 Å². The van der Waals surface area contributed by atoms with Gasteiger partial charge in [0, 0.05) is 19.7 Å². The van der Waals surface area contributed by atoms with Gasteiger partial charge in [0.2, 0.25) is 0 Å². The number of carbonyl (C=O) groups excluding carboxylic acids is 1. The first-order valence-corrected chi connectivity index (χ1v) is 5.30. The Morgan fingerprint density at radius 1 is 1.67 bits per heavy atom. The van der Waals surface area contributed by atoms with Crippen molar-refractivity contribution in [3.8, 4) is 0 Å². The number of hydrogen-bond acceptors (Lipinski definition) is 3. The molecule has 0 aliphatic rings. The minimum Gasteiger partial charge on any atom is -0.321 e. The van der Waals surface area contributed by atoms with E-state index in [0.29, 0.717) is 6.42 Å². The van der Waals surface area contributed by atoms with Gasteiger partial charge < -0.3 is 5.73 Å². The quantitative estimate of drug-likeness (QED) is 0.784. The molecule has 0 amide bonds. The van der Waals surface area contributed by atoms with E-state index < -0.39 is 0 Å². The Bertz CT molecular complexity index is 332. The molecule has 0 aromatic carbocycles. The van der Waals surface area contributed by atoms with Crippen molar-refractivity contribution in [3.05, 3.63) is 18.0 Å². The van der Waals surface area contributed by atoms with Crippen molar-refractivity contribution < 1.29 is 4.79 Å². The Morgan fingerprint density at radius 2 is 2.33 bits per heavy atom. The molecule has 15 heavy (non-hydrogen) atoms. The SMILES string of the molecule is CCC(C)C(N)C(=O)Cc1cnn(C)c1. The van der Waals surface area contributed by atoms with Crippen LogP contribution in [0.3, 0.4) is 0 Å². The van der Waals surface area contributed by atoms with Crippen molar-refractivity contribution in [2.24, 2.45) is 18.7 Å². The van der Waals surface area contributed by atoms with Crippen LogP contribution in [0.25, 0.3) is 0 Å². The molecule has 1 aromatic heterocycles. The van der Waals surface area contributed by atoms with E-state index in [1.807, 2.05) is 27.1 Å². The summed E-state index contributed by atoms with van der Waals surface area (Å²) in [5.74, 6) is 0.339. The first-order chi connectivity index (χ1) is 7.04. The number of hydrogen-bond donors (Lipinski definition) is 1. The second-order valence-electron chi connectivity index (χ2n) is 4.08. The second-order valence-corrected chi connectivity index (χ2v) is 4.08. The zero-order valence-electron chi connectivity index (χ0n) is 9.60. The molecule has 84 valence electrons. The molecule has 1 rings (SSSR count). The highest BCUT2D eigenvalue weighted by molar-refractivity contribution is 5.86. The topological polar surface area (TPSA) is 60.9 Å². The van der Waals surface area contributed by atoms with E-state index in [4.69, 9.17) is 5.73 Å². The van der Waals surface area contributed by atoms with Gasteiger partial charge in [-0.1, -0.05) is 20.3 Å².